The number of benzene rings is 1. The number of hydrogen-bond donors (Lipinski definition) is 5. The lowest BCUT2D eigenvalue weighted by molar-refractivity contribution is 0.0752. The third-order valence-corrected chi connectivity index (χ3v) is 12.8. The van der Waals surface area contributed by atoms with E-state index in [-0.39, 0.29) is 12.0 Å². The number of aliphatic hydroxyl groups is 1. The van der Waals surface area contributed by atoms with Crippen molar-refractivity contribution in [3.05, 3.63) is 65.3 Å². The highest BCUT2D eigenvalue weighted by molar-refractivity contribution is 7.80. The van der Waals surface area contributed by atoms with E-state index >= 15 is 0 Å². The molecule has 4 aliphatic carbocycles. The van der Waals surface area contributed by atoms with Crippen molar-refractivity contribution in [2.45, 2.75) is 169 Å². The molecule has 4 N–H and O–H groups in total. The second-order valence-corrected chi connectivity index (χ2v) is 18.1. The Morgan fingerprint density at radius 3 is 2.11 bits per heavy atom. The summed E-state index contributed by atoms with van der Waals surface area (Å²) in [5.74, 6) is 9.43. The van der Waals surface area contributed by atoms with Crippen molar-refractivity contribution < 1.29 is 14.3 Å². The number of hydrogen-bond acceptors (Lipinski definition) is 6. The molecular formula is C48H83FN2O2S2. The number of nitrogens with two attached hydrogens (primary N) is 1. The molecule has 1 aromatic carbocycles. The number of aliphatic hydroxyl groups excluding tert-OH is 1. The van der Waals surface area contributed by atoms with Gasteiger partial charge in [-0.2, -0.15) is 25.3 Å². The Balaban J connectivity index is 0.000000326. The van der Waals surface area contributed by atoms with E-state index in [1.54, 1.807) is 6.08 Å². The van der Waals surface area contributed by atoms with Crippen molar-refractivity contribution in [2.24, 2.45) is 40.9 Å². The Morgan fingerprint density at radius 1 is 0.964 bits per heavy atom. The Labute approximate surface area is 349 Å². The van der Waals surface area contributed by atoms with Gasteiger partial charge in [0, 0.05) is 24.3 Å². The lowest BCUT2D eigenvalue weighted by atomic mass is 9.63. The van der Waals surface area contributed by atoms with Crippen molar-refractivity contribution in [3.63, 3.8) is 0 Å². The van der Waals surface area contributed by atoms with Crippen LogP contribution in [0.3, 0.4) is 0 Å². The summed E-state index contributed by atoms with van der Waals surface area (Å²) in [5.41, 5.74) is 5.70. The maximum absolute atomic E-state index is 13.2. The quantitative estimate of drug-likeness (QED) is 0.0444. The molecule has 0 saturated heterocycles. The zero-order valence-corrected chi connectivity index (χ0v) is 37.9. The van der Waals surface area contributed by atoms with Crippen LogP contribution in [0.5, 0.6) is 0 Å². The molecule has 0 aliphatic heterocycles. The van der Waals surface area contributed by atoms with Crippen LogP contribution in [0.4, 0.5) is 4.39 Å². The molecule has 55 heavy (non-hydrogen) atoms. The third-order valence-electron chi connectivity index (χ3n) is 12.2. The van der Waals surface area contributed by atoms with Gasteiger partial charge in [-0.25, -0.2) is 10.3 Å². The highest BCUT2D eigenvalue weighted by Gasteiger charge is 2.38. The summed E-state index contributed by atoms with van der Waals surface area (Å²) < 4.78 is 13.2. The smallest absolute Gasteiger partial charge is 0.118 e. The Bertz CT molecular complexity index is 1220. The molecule has 0 spiro atoms. The standard InChI is InChI=1S/C25H41NS.C18H27FO.C4H10S.CH5NO/c1-5-7-9-17-25(3,4)19-26-24(22-15-16-22)21-13-11-20(12-14-21)23(18-27)10-8-6-2;1-2-12-10-17(14-6-8-15(19)9-7-14)18(20)11-16(12)13-4-3-5-13;1-2-3-4-5;1-3-2/h10-14,22,24,26-27H,5-9,15-19H2,1-4H3;6,8,10,12-16,18,20H,2-5,7,9,11H2,1H3;5H,2-4H2,1H3;2H2,1H3/b23-10-;;;. The van der Waals surface area contributed by atoms with E-state index in [0.29, 0.717) is 29.7 Å². The number of halogens is 1. The average molecular weight is 803 g/mol. The Morgan fingerprint density at radius 2 is 1.64 bits per heavy atom. The lowest BCUT2D eigenvalue weighted by Gasteiger charge is -2.43. The highest BCUT2D eigenvalue weighted by Crippen LogP contribution is 2.46. The number of unbranched alkanes of at least 4 members (excludes halogenated alkanes) is 4. The van der Waals surface area contributed by atoms with E-state index in [2.05, 4.69) is 119 Å². The zero-order valence-electron chi connectivity index (χ0n) is 36.1. The largest absolute Gasteiger partial charge is 0.389 e. The van der Waals surface area contributed by atoms with Gasteiger partial charge in [0.15, 0.2) is 0 Å². The molecule has 1 aromatic rings. The van der Waals surface area contributed by atoms with Gasteiger partial charge in [-0.3, -0.25) is 0 Å². The van der Waals surface area contributed by atoms with Crippen molar-refractivity contribution in [1.29, 1.82) is 0 Å². The van der Waals surface area contributed by atoms with Crippen molar-refractivity contribution in [1.82, 2.24) is 5.32 Å². The van der Waals surface area contributed by atoms with E-state index in [1.165, 1.54) is 113 Å². The van der Waals surface area contributed by atoms with Crippen LogP contribution in [-0.4, -0.2) is 42.5 Å². The fraction of sp³-hybridized carbons (Fsp3) is 0.750. The summed E-state index contributed by atoms with van der Waals surface area (Å²) >= 11 is 8.53. The minimum absolute atomic E-state index is 0.272. The van der Waals surface area contributed by atoms with Gasteiger partial charge in [0.2, 0.25) is 0 Å². The van der Waals surface area contributed by atoms with Crippen LogP contribution in [0, 0.1) is 35.0 Å². The minimum atomic E-state index is -0.780. The molecule has 316 valence electrons. The van der Waals surface area contributed by atoms with E-state index in [9.17, 15) is 9.50 Å². The molecule has 2 saturated carbocycles. The molecule has 5 rings (SSSR count). The molecule has 4 aliphatic rings. The summed E-state index contributed by atoms with van der Waals surface area (Å²) in [7, 11) is 1.40. The Hall–Kier alpha value is -1.09. The first-order valence-corrected chi connectivity index (χ1v) is 23.5. The molecule has 6 atom stereocenters. The second kappa shape index (κ2) is 28.4. The van der Waals surface area contributed by atoms with E-state index < -0.39 is 6.17 Å². The first kappa shape index (κ1) is 50.1. The molecule has 0 bridgehead atoms. The third kappa shape index (κ3) is 18.6. The second-order valence-electron chi connectivity index (χ2n) is 17.4. The van der Waals surface area contributed by atoms with Gasteiger partial charge in [0.1, 0.15) is 6.17 Å². The highest BCUT2D eigenvalue weighted by atomic mass is 32.1. The predicted molar refractivity (Wildman–Crippen MR) is 245 cm³/mol. The van der Waals surface area contributed by atoms with E-state index in [0.717, 1.165) is 49.1 Å². The maximum atomic E-state index is 13.2. The van der Waals surface area contributed by atoms with Crippen LogP contribution in [0.2, 0.25) is 0 Å². The molecule has 0 radical (unpaired) electrons. The topological polar surface area (TPSA) is 67.5 Å². The number of thiol groups is 2. The molecule has 0 heterocycles. The van der Waals surface area contributed by atoms with Gasteiger partial charge in [0.05, 0.1) is 13.2 Å². The van der Waals surface area contributed by atoms with Crippen molar-refractivity contribution in [3.8, 4) is 0 Å². The van der Waals surface area contributed by atoms with Crippen LogP contribution in [0.15, 0.2) is 54.1 Å². The molecule has 4 nitrogen and oxygen atoms in total. The number of allylic oxidation sites excluding steroid dienone is 4. The first-order valence-electron chi connectivity index (χ1n) is 22.2. The summed E-state index contributed by atoms with van der Waals surface area (Å²) in [6.45, 7) is 14.9. The Kier molecular flexibility index (Phi) is 25.8. The molecular weight excluding hydrogens is 720 g/mol. The zero-order chi connectivity index (χ0) is 40.6. The van der Waals surface area contributed by atoms with Gasteiger partial charge in [0.25, 0.3) is 0 Å². The SMILES string of the molecule is CCC/C=C(/CS)c1ccc(C(NCC(C)(C)CCCCC)C2CC2)cc1.CCC1C=C(C2C=CC(F)CC2)C(O)CC1C1CCC1.CCCCS.CON. The van der Waals surface area contributed by atoms with Crippen LogP contribution in [-0.2, 0) is 4.84 Å². The summed E-state index contributed by atoms with van der Waals surface area (Å²) in [5, 5.41) is 14.5. The van der Waals surface area contributed by atoms with E-state index in [4.69, 9.17) is 0 Å². The fourth-order valence-corrected chi connectivity index (χ4v) is 8.91. The van der Waals surface area contributed by atoms with Crippen LogP contribution < -0.4 is 11.2 Å². The fourth-order valence-electron chi connectivity index (χ4n) is 8.28. The summed E-state index contributed by atoms with van der Waals surface area (Å²) in [4.78, 5) is 3.75. The normalized spacial score (nSPS) is 24.5. The van der Waals surface area contributed by atoms with Gasteiger partial charge < -0.3 is 15.3 Å². The van der Waals surface area contributed by atoms with E-state index in [1.807, 2.05) is 6.08 Å². The monoisotopic (exact) mass is 803 g/mol. The summed E-state index contributed by atoms with van der Waals surface area (Å²) in [6.07, 6.45) is 27.8. The number of nitrogens with one attached hydrogen (secondary N) is 1. The van der Waals surface area contributed by atoms with Gasteiger partial charge in [-0.05, 0) is 115 Å². The number of rotatable bonds is 18. The van der Waals surface area contributed by atoms with Crippen LogP contribution in [0.1, 0.15) is 168 Å². The van der Waals surface area contributed by atoms with Gasteiger partial charge in [-0.1, -0.05) is 141 Å². The maximum Gasteiger partial charge on any atom is 0.118 e. The van der Waals surface area contributed by atoms with Crippen LogP contribution in [0.25, 0.3) is 5.57 Å². The molecule has 2 fully saturated rings. The molecule has 0 aromatic heterocycles. The molecule has 0 amide bonds. The molecule has 6 unspecified atom stereocenters. The number of alkyl halides is 1. The van der Waals surface area contributed by atoms with Gasteiger partial charge >= 0.3 is 0 Å². The van der Waals surface area contributed by atoms with Crippen molar-refractivity contribution in [2.75, 3.05) is 25.2 Å². The van der Waals surface area contributed by atoms with Crippen LogP contribution >= 0.6 is 25.3 Å². The first-order chi connectivity index (χ1) is 26.5. The summed E-state index contributed by atoms with van der Waals surface area (Å²) in [6, 6.07) is 9.81. The molecule has 7 heteroatoms. The lowest BCUT2D eigenvalue weighted by Crippen LogP contribution is -2.36. The van der Waals surface area contributed by atoms with Crippen molar-refractivity contribution >= 4 is 30.8 Å². The predicted octanol–water partition coefficient (Wildman–Crippen LogP) is 13.1. The average Bonchev–Trinajstić information content (AvgIpc) is 3.99. The minimum Gasteiger partial charge on any atom is -0.389 e. The van der Waals surface area contributed by atoms with Gasteiger partial charge in [-0.15, -0.1) is 0 Å².